The lowest BCUT2D eigenvalue weighted by Crippen LogP contribution is -2.48. The zero-order chi connectivity index (χ0) is 16.3. The van der Waals surface area contributed by atoms with Gasteiger partial charge in [-0.3, -0.25) is 0 Å². The Morgan fingerprint density at radius 2 is 2.00 bits per heavy atom. The Kier molecular flexibility index (Phi) is 6.04. The quantitative estimate of drug-likeness (QED) is 0.847. The molecule has 0 spiro atoms. The predicted octanol–water partition coefficient (Wildman–Crippen LogP) is 1.43. The number of rotatable bonds is 4. The number of hydrogen-bond acceptors (Lipinski definition) is 5. The maximum absolute atomic E-state index is 12.0. The molecule has 6 nitrogen and oxygen atoms in total. The van der Waals surface area contributed by atoms with Crippen LogP contribution in [0.2, 0.25) is 0 Å². The molecule has 1 amide bonds. The molecule has 7 heteroatoms. The minimum atomic E-state index is -3.05. The summed E-state index contributed by atoms with van der Waals surface area (Å²) in [5.74, 6) is -0.0634. The highest BCUT2D eigenvalue weighted by Gasteiger charge is 2.33. The molecule has 0 aliphatic carbocycles. The molecule has 0 saturated carbocycles. The highest BCUT2D eigenvalue weighted by Crippen LogP contribution is 2.23. The Morgan fingerprint density at radius 3 is 2.52 bits per heavy atom. The summed E-state index contributed by atoms with van der Waals surface area (Å²) in [6.07, 6.45) is -0.138. The fraction of sp³-hybridized carbons (Fsp3) is 0.929. The molecule has 2 atom stereocenters. The van der Waals surface area contributed by atoms with Crippen molar-refractivity contribution in [3.8, 4) is 0 Å². The molecule has 0 aromatic rings. The Morgan fingerprint density at radius 1 is 1.38 bits per heavy atom. The van der Waals surface area contributed by atoms with Crippen molar-refractivity contribution in [2.24, 2.45) is 5.92 Å². The number of hydrogen-bond donors (Lipinski definition) is 1. The van der Waals surface area contributed by atoms with Crippen molar-refractivity contribution >= 4 is 15.9 Å². The second kappa shape index (κ2) is 6.96. The number of likely N-dealkylation sites (tertiary alicyclic amines) is 1. The van der Waals surface area contributed by atoms with Gasteiger partial charge in [-0.05, 0) is 33.6 Å². The van der Waals surface area contributed by atoms with Crippen LogP contribution >= 0.6 is 0 Å². The maximum atomic E-state index is 12.0. The van der Waals surface area contributed by atoms with Crippen molar-refractivity contribution in [3.05, 3.63) is 0 Å². The third-order valence-corrected chi connectivity index (χ3v) is 5.32. The molecule has 1 N–H and O–H groups in total. The summed E-state index contributed by atoms with van der Waals surface area (Å²) in [6.45, 7) is 7.79. The van der Waals surface area contributed by atoms with Crippen LogP contribution in [0.4, 0.5) is 4.79 Å². The van der Waals surface area contributed by atoms with Crippen molar-refractivity contribution in [1.82, 2.24) is 4.90 Å². The van der Waals surface area contributed by atoms with Crippen molar-refractivity contribution in [1.29, 1.82) is 0 Å². The summed E-state index contributed by atoms with van der Waals surface area (Å²) >= 11 is 0. The van der Waals surface area contributed by atoms with Gasteiger partial charge in [0.1, 0.15) is 15.4 Å². The lowest BCUT2D eigenvalue weighted by molar-refractivity contribution is -0.00879. The topological polar surface area (TPSA) is 83.9 Å². The van der Waals surface area contributed by atoms with Gasteiger partial charge in [-0.15, -0.1) is 0 Å². The van der Waals surface area contributed by atoms with Gasteiger partial charge in [-0.2, -0.15) is 0 Å². The number of carbonyl (C=O) groups excluding carboxylic acids is 1. The molecular formula is C14H27NO5S. The molecule has 1 fully saturated rings. The van der Waals surface area contributed by atoms with Gasteiger partial charge in [0.15, 0.2) is 0 Å². The number of nitrogens with zero attached hydrogens (tertiary/aromatic N) is 1. The molecule has 1 heterocycles. The van der Waals surface area contributed by atoms with Gasteiger partial charge in [0.2, 0.25) is 0 Å². The Balaban J connectivity index is 2.60. The van der Waals surface area contributed by atoms with E-state index >= 15 is 0 Å². The molecule has 0 radical (unpaired) electrons. The van der Waals surface area contributed by atoms with E-state index in [0.717, 1.165) is 0 Å². The largest absolute Gasteiger partial charge is 0.444 e. The maximum Gasteiger partial charge on any atom is 0.410 e. The minimum Gasteiger partial charge on any atom is -0.444 e. The van der Waals surface area contributed by atoms with Crippen molar-refractivity contribution < 1.29 is 23.1 Å². The van der Waals surface area contributed by atoms with Crippen LogP contribution in [0.1, 0.15) is 40.5 Å². The van der Waals surface area contributed by atoms with E-state index in [-0.39, 0.29) is 17.4 Å². The van der Waals surface area contributed by atoms with E-state index in [1.54, 1.807) is 32.6 Å². The lowest BCUT2D eigenvalue weighted by atomic mass is 9.93. The number of carbonyl (C=O) groups is 1. The third kappa shape index (κ3) is 6.22. The van der Waals surface area contributed by atoms with Gasteiger partial charge in [0.05, 0.1) is 11.9 Å². The smallest absolute Gasteiger partial charge is 0.410 e. The van der Waals surface area contributed by atoms with E-state index < -0.39 is 27.6 Å². The summed E-state index contributed by atoms with van der Waals surface area (Å²) in [5, 5.41) is 10.00. The van der Waals surface area contributed by atoms with E-state index in [9.17, 15) is 18.3 Å². The molecule has 0 aromatic heterocycles. The van der Waals surface area contributed by atoms with Gasteiger partial charge in [0, 0.05) is 24.8 Å². The van der Waals surface area contributed by atoms with Crippen molar-refractivity contribution in [2.75, 3.05) is 24.6 Å². The first-order valence-electron chi connectivity index (χ1n) is 7.40. The summed E-state index contributed by atoms with van der Waals surface area (Å²) < 4.78 is 28.4. The first kappa shape index (κ1) is 18.2. The average Bonchev–Trinajstić information content (AvgIpc) is 2.35. The highest BCUT2D eigenvalue weighted by molar-refractivity contribution is 7.91. The van der Waals surface area contributed by atoms with Gasteiger partial charge in [-0.1, -0.05) is 6.92 Å². The molecule has 1 saturated heterocycles. The van der Waals surface area contributed by atoms with E-state index in [4.69, 9.17) is 4.74 Å². The van der Waals surface area contributed by atoms with Gasteiger partial charge < -0.3 is 14.7 Å². The van der Waals surface area contributed by atoms with Crippen LogP contribution in [0.3, 0.4) is 0 Å². The summed E-state index contributed by atoms with van der Waals surface area (Å²) in [4.78, 5) is 13.6. The van der Waals surface area contributed by atoms with Crippen LogP contribution in [0.15, 0.2) is 0 Å². The Hall–Kier alpha value is -0.820. The first-order chi connectivity index (χ1) is 9.54. The predicted molar refractivity (Wildman–Crippen MR) is 80.9 cm³/mol. The fourth-order valence-electron chi connectivity index (χ4n) is 2.27. The number of aliphatic hydroxyl groups excluding tert-OH is 1. The van der Waals surface area contributed by atoms with Crippen LogP contribution in [0.5, 0.6) is 0 Å². The highest BCUT2D eigenvalue weighted by atomic mass is 32.2. The summed E-state index contributed by atoms with van der Waals surface area (Å²) in [7, 11) is -3.05. The summed E-state index contributed by atoms with van der Waals surface area (Å²) in [6, 6.07) is 0. The van der Waals surface area contributed by atoms with Crippen molar-refractivity contribution in [2.45, 2.75) is 52.2 Å². The number of sulfone groups is 1. The van der Waals surface area contributed by atoms with Gasteiger partial charge in [0.25, 0.3) is 0 Å². The van der Waals surface area contributed by atoms with Crippen LogP contribution in [-0.2, 0) is 14.6 Å². The van der Waals surface area contributed by atoms with E-state index in [1.165, 1.54) is 0 Å². The molecule has 0 aromatic carbocycles. The van der Waals surface area contributed by atoms with E-state index in [1.807, 2.05) is 0 Å². The fourth-order valence-corrected chi connectivity index (χ4v) is 3.22. The van der Waals surface area contributed by atoms with Crippen LogP contribution in [0.25, 0.3) is 0 Å². The van der Waals surface area contributed by atoms with Crippen LogP contribution in [0, 0.1) is 5.92 Å². The standard InChI is InChI=1S/C14H27NO5S/c1-5-21(18,19)9-7-11-10-15(8-6-12(11)16)13(17)20-14(2,3)4/h11-12,16H,5-10H2,1-4H3. The molecular weight excluding hydrogens is 294 g/mol. The molecule has 2 unspecified atom stereocenters. The number of ether oxygens (including phenoxy) is 1. The minimum absolute atomic E-state index is 0.0490. The zero-order valence-corrected chi connectivity index (χ0v) is 14.1. The monoisotopic (exact) mass is 321 g/mol. The van der Waals surface area contributed by atoms with Crippen LogP contribution < -0.4 is 0 Å². The molecule has 124 valence electrons. The number of piperidine rings is 1. The van der Waals surface area contributed by atoms with Gasteiger partial charge >= 0.3 is 6.09 Å². The Labute approximate surface area is 127 Å². The first-order valence-corrected chi connectivity index (χ1v) is 9.22. The Bertz CT molecular complexity index is 454. The third-order valence-electron chi connectivity index (χ3n) is 3.58. The SMILES string of the molecule is CCS(=O)(=O)CCC1CN(C(=O)OC(C)(C)C)CCC1O. The summed E-state index contributed by atoms with van der Waals surface area (Å²) in [5.41, 5.74) is -0.561. The number of amides is 1. The molecule has 1 rings (SSSR count). The van der Waals surface area contributed by atoms with E-state index in [2.05, 4.69) is 0 Å². The van der Waals surface area contributed by atoms with E-state index in [0.29, 0.717) is 25.9 Å². The zero-order valence-electron chi connectivity index (χ0n) is 13.3. The van der Waals surface area contributed by atoms with Crippen molar-refractivity contribution in [3.63, 3.8) is 0 Å². The van der Waals surface area contributed by atoms with Crippen LogP contribution in [-0.4, -0.2) is 60.8 Å². The molecule has 21 heavy (non-hydrogen) atoms. The van der Waals surface area contributed by atoms with Gasteiger partial charge in [-0.25, -0.2) is 13.2 Å². The molecule has 1 aliphatic rings. The molecule has 0 bridgehead atoms. The average molecular weight is 321 g/mol. The second-order valence-electron chi connectivity index (χ2n) is 6.57. The lowest BCUT2D eigenvalue weighted by Gasteiger charge is -2.36. The molecule has 1 aliphatic heterocycles. The second-order valence-corrected chi connectivity index (χ2v) is 9.04. The normalized spacial score (nSPS) is 24.0. The number of aliphatic hydroxyl groups is 1.